The molecule has 5 heteroatoms. The molecule has 0 bridgehead atoms. The second-order valence-corrected chi connectivity index (χ2v) is 5.10. The third-order valence-electron chi connectivity index (χ3n) is 3.03. The Morgan fingerprint density at radius 3 is 2.63 bits per heavy atom. The summed E-state index contributed by atoms with van der Waals surface area (Å²) in [7, 11) is 0. The van der Waals surface area contributed by atoms with Crippen molar-refractivity contribution in [1.29, 1.82) is 0 Å². The number of hydrogen-bond donors (Lipinski definition) is 0. The summed E-state index contributed by atoms with van der Waals surface area (Å²) in [5.41, 5.74) is 2.93. The Labute approximate surface area is 116 Å². The molecule has 2 heterocycles. The number of aryl methyl sites for hydroxylation is 1. The van der Waals surface area contributed by atoms with E-state index >= 15 is 0 Å². The van der Waals surface area contributed by atoms with Gasteiger partial charge in [0.2, 0.25) is 0 Å². The van der Waals surface area contributed by atoms with E-state index in [4.69, 9.17) is 0 Å². The predicted molar refractivity (Wildman–Crippen MR) is 73.0 cm³/mol. The van der Waals surface area contributed by atoms with Crippen LogP contribution in [0.5, 0.6) is 0 Å². The van der Waals surface area contributed by atoms with Crippen LogP contribution in [-0.4, -0.2) is 9.38 Å². The van der Waals surface area contributed by atoms with Gasteiger partial charge >= 0.3 is 0 Å². The van der Waals surface area contributed by atoms with Gasteiger partial charge in [0.1, 0.15) is 5.65 Å². The lowest BCUT2D eigenvalue weighted by Crippen LogP contribution is -1.89. The van der Waals surface area contributed by atoms with E-state index in [0.29, 0.717) is 11.3 Å². The second-order valence-electron chi connectivity index (χ2n) is 4.25. The highest BCUT2D eigenvalue weighted by molar-refractivity contribution is 9.10. The van der Waals surface area contributed by atoms with E-state index in [1.807, 2.05) is 29.7 Å². The summed E-state index contributed by atoms with van der Waals surface area (Å²) < 4.78 is 29.0. The number of hydrogen-bond acceptors (Lipinski definition) is 1. The quantitative estimate of drug-likeness (QED) is 0.651. The maximum atomic E-state index is 13.2. The molecule has 0 aliphatic rings. The Morgan fingerprint density at radius 2 is 1.89 bits per heavy atom. The number of fused-ring (bicyclic) bond motifs is 1. The average Bonchev–Trinajstić information content (AvgIpc) is 2.82. The van der Waals surface area contributed by atoms with E-state index in [9.17, 15) is 8.78 Å². The topological polar surface area (TPSA) is 17.3 Å². The van der Waals surface area contributed by atoms with Gasteiger partial charge < -0.3 is 4.40 Å². The van der Waals surface area contributed by atoms with E-state index < -0.39 is 11.6 Å². The molecule has 0 spiro atoms. The Balaban J connectivity index is 2.20. The number of pyridine rings is 1. The highest BCUT2D eigenvalue weighted by atomic mass is 79.9. The molecule has 3 aromatic rings. The first-order valence-electron chi connectivity index (χ1n) is 5.66. The molecular weight excluding hydrogens is 314 g/mol. The molecule has 0 aliphatic carbocycles. The van der Waals surface area contributed by atoms with Gasteiger partial charge in [0.05, 0.1) is 5.69 Å². The highest BCUT2D eigenvalue weighted by Crippen LogP contribution is 2.24. The summed E-state index contributed by atoms with van der Waals surface area (Å²) in [5.74, 6) is -1.72. The van der Waals surface area contributed by atoms with E-state index in [1.54, 1.807) is 0 Å². The summed E-state index contributed by atoms with van der Waals surface area (Å²) in [6.07, 6.45) is 1.81. The lowest BCUT2D eigenvalue weighted by molar-refractivity contribution is 0.509. The van der Waals surface area contributed by atoms with Crippen LogP contribution in [0.15, 0.2) is 41.0 Å². The van der Waals surface area contributed by atoms with Crippen LogP contribution in [0.2, 0.25) is 0 Å². The first-order chi connectivity index (χ1) is 9.06. The fourth-order valence-corrected chi connectivity index (χ4v) is 2.28. The molecule has 0 saturated heterocycles. The number of benzene rings is 1. The molecule has 0 unspecified atom stereocenters. The number of rotatable bonds is 1. The van der Waals surface area contributed by atoms with Crippen LogP contribution < -0.4 is 0 Å². The Morgan fingerprint density at radius 1 is 1.11 bits per heavy atom. The molecule has 19 heavy (non-hydrogen) atoms. The van der Waals surface area contributed by atoms with E-state index in [-0.39, 0.29) is 0 Å². The van der Waals surface area contributed by atoms with Crippen molar-refractivity contribution in [3.05, 3.63) is 58.3 Å². The Kier molecular flexibility index (Phi) is 2.86. The predicted octanol–water partition coefficient (Wildman–Crippen LogP) is 4.35. The van der Waals surface area contributed by atoms with Crippen molar-refractivity contribution in [3.63, 3.8) is 0 Å². The smallest absolute Gasteiger partial charge is 0.159 e. The van der Waals surface area contributed by atoms with Crippen molar-refractivity contribution in [3.8, 4) is 11.3 Å². The molecule has 0 saturated carbocycles. The molecule has 2 nitrogen and oxygen atoms in total. The van der Waals surface area contributed by atoms with Gasteiger partial charge in [0, 0.05) is 21.9 Å². The molecule has 0 atom stereocenters. The molecule has 0 radical (unpaired) electrons. The molecule has 1 aromatic carbocycles. The van der Waals surface area contributed by atoms with Crippen molar-refractivity contribution in [2.45, 2.75) is 6.92 Å². The molecule has 96 valence electrons. The molecule has 0 fully saturated rings. The SMILES string of the molecule is Cc1c(Br)ccc2nc(-c3ccc(F)c(F)c3)cn12. The van der Waals surface area contributed by atoms with Crippen LogP contribution in [0.4, 0.5) is 8.78 Å². The van der Waals surface area contributed by atoms with Crippen LogP contribution in [0, 0.1) is 18.6 Å². The molecule has 0 aliphatic heterocycles. The molecule has 0 N–H and O–H groups in total. The third-order valence-corrected chi connectivity index (χ3v) is 3.87. The highest BCUT2D eigenvalue weighted by Gasteiger charge is 2.10. The largest absolute Gasteiger partial charge is 0.303 e. The normalized spacial score (nSPS) is 11.2. The van der Waals surface area contributed by atoms with Crippen molar-refractivity contribution < 1.29 is 8.78 Å². The number of imidazole rings is 1. The monoisotopic (exact) mass is 322 g/mol. The van der Waals surface area contributed by atoms with Crippen LogP contribution in [0.3, 0.4) is 0 Å². The number of aromatic nitrogens is 2. The second kappa shape index (κ2) is 4.42. The van der Waals surface area contributed by atoms with Crippen molar-refractivity contribution in [2.24, 2.45) is 0 Å². The van der Waals surface area contributed by atoms with E-state index in [2.05, 4.69) is 20.9 Å². The molecular formula is C14H9BrF2N2. The maximum Gasteiger partial charge on any atom is 0.159 e. The zero-order chi connectivity index (χ0) is 13.6. The first kappa shape index (κ1) is 12.3. The van der Waals surface area contributed by atoms with Crippen LogP contribution >= 0.6 is 15.9 Å². The van der Waals surface area contributed by atoms with Gasteiger partial charge in [-0.25, -0.2) is 13.8 Å². The van der Waals surface area contributed by atoms with Crippen molar-refractivity contribution in [1.82, 2.24) is 9.38 Å². The lowest BCUT2D eigenvalue weighted by atomic mass is 10.1. The fourth-order valence-electron chi connectivity index (χ4n) is 1.96. The lowest BCUT2D eigenvalue weighted by Gasteiger charge is -2.00. The molecule has 0 amide bonds. The van der Waals surface area contributed by atoms with Gasteiger partial charge in [-0.05, 0) is 53.2 Å². The van der Waals surface area contributed by atoms with Gasteiger partial charge in [-0.2, -0.15) is 0 Å². The van der Waals surface area contributed by atoms with Crippen LogP contribution in [-0.2, 0) is 0 Å². The van der Waals surface area contributed by atoms with Crippen LogP contribution in [0.1, 0.15) is 5.69 Å². The minimum atomic E-state index is -0.868. The number of halogens is 3. The minimum Gasteiger partial charge on any atom is -0.303 e. The zero-order valence-electron chi connectivity index (χ0n) is 9.99. The van der Waals surface area contributed by atoms with Crippen LogP contribution in [0.25, 0.3) is 16.9 Å². The Bertz CT molecular complexity index is 780. The molecule has 3 rings (SSSR count). The molecule has 2 aromatic heterocycles. The van der Waals surface area contributed by atoms with Crippen molar-refractivity contribution in [2.75, 3.05) is 0 Å². The van der Waals surface area contributed by atoms with Gasteiger partial charge in [0.15, 0.2) is 11.6 Å². The van der Waals surface area contributed by atoms with E-state index in [1.165, 1.54) is 6.07 Å². The van der Waals surface area contributed by atoms with E-state index in [0.717, 1.165) is 27.9 Å². The minimum absolute atomic E-state index is 0.554. The van der Waals surface area contributed by atoms with Gasteiger partial charge in [-0.3, -0.25) is 0 Å². The summed E-state index contributed by atoms with van der Waals surface area (Å²) in [4.78, 5) is 4.41. The average molecular weight is 323 g/mol. The van der Waals surface area contributed by atoms with Gasteiger partial charge in [-0.15, -0.1) is 0 Å². The van der Waals surface area contributed by atoms with Gasteiger partial charge in [0.25, 0.3) is 0 Å². The maximum absolute atomic E-state index is 13.2. The third kappa shape index (κ3) is 2.04. The number of nitrogens with zero attached hydrogens (tertiary/aromatic N) is 2. The summed E-state index contributed by atoms with van der Waals surface area (Å²) >= 11 is 3.44. The van der Waals surface area contributed by atoms with Crippen molar-refractivity contribution >= 4 is 21.6 Å². The Hall–Kier alpha value is -1.75. The fraction of sp³-hybridized carbons (Fsp3) is 0.0714. The summed E-state index contributed by atoms with van der Waals surface area (Å²) in [6.45, 7) is 1.95. The van der Waals surface area contributed by atoms with Gasteiger partial charge in [-0.1, -0.05) is 0 Å². The zero-order valence-corrected chi connectivity index (χ0v) is 11.6. The first-order valence-corrected chi connectivity index (χ1v) is 6.45. The standard InChI is InChI=1S/C14H9BrF2N2/c1-8-10(15)3-5-14-18-13(7-19(8)14)9-2-4-11(16)12(17)6-9/h2-7H,1H3. The summed E-state index contributed by atoms with van der Waals surface area (Å²) in [6, 6.07) is 7.55. The summed E-state index contributed by atoms with van der Waals surface area (Å²) in [5, 5.41) is 0.